The van der Waals surface area contributed by atoms with Gasteiger partial charge in [0.15, 0.2) is 5.03 Å². The Morgan fingerprint density at radius 2 is 2.41 bits per heavy atom. The Morgan fingerprint density at radius 3 is 2.94 bits per heavy atom. The molecule has 0 spiro atoms. The number of nitrogens with one attached hydrogen (secondary N) is 1. The van der Waals surface area contributed by atoms with E-state index in [4.69, 9.17) is 0 Å². The zero-order valence-electron chi connectivity index (χ0n) is 9.73. The Hall–Kier alpha value is -0.690. The standard InChI is InChI=1S/C10H16N2O3S2/c1-16-6-2-4-8(13)9(12(14)15)10-11-5-3-7-17-10/h11H,2-7H2,1H3/b10-9+. The molecule has 0 atom stereocenters. The molecular weight excluding hydrogens is 260 g/mol. The van der Waals surface area contributed by atoms with E-state index in [9.17, 15) is 14.9 Å². The van der Waals surface area contributed by atoms with E-state index in [1.165, 1.54) is 11.8 Å². The van der Waals surface area contributed by atoms with Crippen LogP contribution in [0.5, 0.6) is 0 Å². The predicted molar refractivity (Wildman–Crippen MR) is 71.7 cm³/mol. The number of allylic oxidation sites excluding steroid dienone is 1. The SMILES string of the molecule is CSCCCC(=O)/C(=C1/NCCCS1)[N+](=O)[O-]. The third-order valence-corrected chi connectivity index (χ3v) is 4.08. The molecule has 0 unspecified atom stereocenters. The second kappa shape index (κ2) is 7.60. The van der Waals surface area contributed by atoms with Gasteiger partial charge in [0.1, 0.15) is 0 Å². The van der Waals surface area contributed by atoms with Crippen LogP contribution in [0.15, 0.2) is 10.7 Å². The van der Waals surface area contributed by atoms with Gasteiger partial charge in [0.25, 0.3) is 0 Å². The lowest BCUT2D eigenvalue weighted by Crippen LogP contribution is -2.25. The van der Waals surface area contributed by atoms with E-state index in [0.29, 0.717) is 18.0 Å². The molecule has 1 aliphatic rings. The highest BCUT2D eigenvalue weighted by Gasteiger charge is 2.28. The fourth-order valence-electron chi connectivity index (χ4n) is 1.46. The summed E-state index contributed by atoms with van der Waals surface area (Å²) in [5.41, 5.74) is -0.254. The molecule has 1 fully saturated rings. The molecule has 17 heavy (non-hydrogen) atoms. The largest absolute Gasteiger partial charge is 0.374 e. The zero-order chi connectivity index (χ0) is 12.7. The average Bonchev–Trinajstić information content (AvgIpc) is 2.30. The maximum Gasteiger partial charge on any atom is 0.341 e. The second-order valence-corrected chi connectivity index (χ2v) is 5.67. The number of thioether (sulfide) groups is 2. The van der Waals surface area contributed by atoms with Crippen molar-refractivity contribution >= 4 is 29.3 Å². The Bertz CT molecular complexity index is 324. The maximum absolute atomic E-state index is 11.8. The first-order chi connectivity index (χ1) is 8.16. The Labute approximate surface area is 109 Å². The molecule has 7 heteroatoms. The van der Waals surface area contributed by atoms with Crippen LogP contribution in [-0.2, 0) is 4.79 Å². The Morgan fingerprint density at radius 1 is 1.65 bits per heavy atom. The molecule has 0 aromatic carbocycles. The van der Waals surface area contributed by atoms with E-state index < -0.39 is 4.92 Å². The zero-order valence-corrected chi connectivity index (χ0v) is 11.4. The van der Waals surface area contributed by atoms with Crippen molar-refractivity contribution in [1.29, 1.82) is 0 Å². The molecule has 1 heterocycles. The van der Waals surface area contributed by atoms with Crippen LogP contribution in [0, 0.1) is 10.1 Å². The summed E-state index contributed by atoms with van der Waals surface area (Å²) in [7, 11) is 0. The van der Waals surface area contributed by atoms with E-state index in [0.717, 1.165) is 17.9 Å². The molecule has 0 bridgehead atoms. The van der Waals surface area contributed by atoms with Crippen LogP contribution in [-0.4, -0.2) is 35.0 Å². The first-order valence-electron chi connectivity index (χ1n) is 5.44. The highest BCUT2D eigenvalue weighted by molar-refractivity contribution is 8.03. The van der Waals surface area contributed by atoms with Crippen molar-refractivity contribution in [3.63, 3.8) is 0 Å². The molecule has 96 valence electrons. The summed E-state index contributed by atoms with van der Waals surface area (Å²) in [5.74, 6) is 1.32. The number of carbonyl (C=O) groups is 1. The first-order valence-corrected chi connectivity index (χ1v) is 7.82. The Kier molecular flexibility index (Phi) is 6.43. The second-order valence-electron chi connectivity index (χ2n) is 3.58. The van der Waals surface area contributed by atoms with E-state index in [2.05, 4.69) is 5.32 Å². The average molecular weight is 276 g/mol. The minimum absolute atomic E-state index is 0.253. The van der Waals surface area contributed by atoms with Crippen LogP contribution in [0.1, 0.15) is 19.3 Å². The highest BCUT2D eigenvalue weighted by atomic mass is 32.2. The van der Waals surface area contributed by atoms with Crippen molar-refractivity contribution in [3.05, 3.63) is 20.8 Å². The van der Waals surface area contributed by atoms with Gasteiger partial charge in [0.05, 0.1) is 4.92 Å². The van der Waals surface area contributed by atoms with E-state index in [1.807, 2.05) is 6.26 Å². The molecule has 0 saturated carbocycles. The quantitative estimate of drug-likeness (QED) is 0.345. The lowest BCUT2D eigenvalue weighted by molar-refractivity contribution is -0.419. The number of nitro groups is 1. The topological polar surface area (TPSA) is 72.2 Å². The summed E-state index contributed by atoms with van der Waals surface area (Å²) in [6, 6.07) is 0. The maximum atomic E-state index is 11.8. The van der Waals surface area contributed by atoms with Gasteiger partial charge in [0, 0.05) is 18.7 Å². The van der Waals surface area contributed by atoms with Gasteiger partial charge >= 0.3 is 5.70 Å². The third-order valence-electron chi connectivity index (χ3n) is 2.27. The van der Waals surface area contributed by atoms with Crippen molar-refractivity contribution in [2.75, 3.05) is 24.3 Å². The fraction of sp³-hybridized carbons (Fsp3) is 0.700. The van der Waals surface area contributed by atoms with Crippen LogP contribution in [0.4, 0.5) is 0 Å². The molecule has 0 aliphatic carbocycles. The minimum Gasteiger partial charge on any atom is -0.374 e. The monoisotopic (exact) mass is 276 g/mol. The molecule has 0 radical (unpaired) electrons. The molecular formula is C10H16N2O3S2. The van der Waals surface area contributed by atoms with Crippen LogP contribution >= 0.6 is 23.5 Å². The lowest BCUT2D eigenvalue weighted by Gasteiger charge is -2.15. The number of carbonyl (C=O) groups excluding carboxylic acids is 1. The van der Waals surface area contributed by atoms with Gasteiger partial charge in [-0.15, -0.1) is 11.8 Å². The van der Waals surface area contributed by atoms with E-state index >= 15 is 0 Å². The van der Waals surface area contributed by atoms with Crippen molar-refractivity contribution in [3.8, 4) is 0 Å². The normalized spacial score (nSPS) is 18.4. The summed E-state index contributed by atoms with van der Waals surface area (Å²) < 4.78 is 0. The van der Waals surface area contributed by atoms with Crippen LogP contribution in [0.25, 0.3) is 0 Å². The van der Waals surface area contributed by atoms with Crippen LogP contribution in [0.3, 0.4) is 0 Å². The molecule has 0 aromatic rings. The number of nitrogens with zero attached hydrogens (tertiary/aromatic N) is 1. The van der Waals surface area contributed by atoms with Gasteiger partial charge in [-0.3, -0.25) is 14.9 Å². The van der Waals surface area contributed by atoms with Crippen molar-refractivity contribution in [2.24, 2.45) is 0 Å². The fourth-order valence-corrected chi connectivity index (χ4v) is 2.91. The number of rotatable bonds is 6. The van der Waals surface area contributed by atoms with Gasteiger partial charge in [-0.1, -0.05) is 0 Å². The van der Waals surface area contributed by atoms with Crippen molar-refractivity contribution < 1.29 is 9.72 Å². The van der Waals surface area contributed by atoms with Crippen LogP contribution in [0.2, 0.25) is 0 Å². The summed E-state index contributed by atoms with van der Waals surface area (Å²) >= 11 is 3.01. The first kappa shape index (κ1) is 14.4. The molecule has 5 nitrogen and oxygen atoms in total. The van der Waals surface area contributed by atoms with Crippen molar-refractivity contribution in [2.45, 2.75) is 19.3 Å². The number of hydrogen-bond donors (Lipinski definition) is 1. The van der Waals surface area contributed by atoms with Gasteiger partial charge in [0.2, 0.25) is 5.78 Å². The molecule has 1 rings (SSSR count). The summed E-state index contributed by atoms with van der Waals surface area (Å²) in [6.07, 6.45) is 3.87. The van der Waals surface area contributed by atoms with Crippen molar-refractivity contribution in [1.82, 2.24) is 5.32 Å². The highest BCUT2D eigenvalue weighted by Crippen LogP contribution is 2.23. The molecule has 0 amide bonds. The molecule has 0 aromatic heterocycles. The summed E-state index contributed by atoms with van der Waals surface area (Å²) in [6.45, 7) is 0.706. The number of ketones is 1. The smallest absolute Gasteiger partial charge is 0.341 e. The van der Waals surface area contributed by atoms with E-state index in [-0.39, 0.29) is 17.9 Å². The predicted octanol–water partition coefficient (Wildman–Crippen LogP) is 1.87. The lowest BCUT2D eigenvalue weighted by atomic mass is 10.2. The van der Waals surface area contributed by atoms with E-state index in [1.54, 1.807) is 11.8 Å². The van der Waals surface area contributed by atoms with Gasteiger partial charge in [-0.25, -0.2) is 0 Å². The van der Waals surface area contributed by atoms with Gasteiger partial charge < -0.3 is 5.32 Å². The summed E-state index contributed by atoms with van der Waals surface area (Å²) in [4.78, 5) is 22.2. The molecule has 1 N–H and O–H groups in total. The molecule has 1 aliphatic heterocycles. The third kappa shape index (κ3) is 4.59. The summed E-state index contributed by atoms with van der Waals surface area (Å²) in [5, 5.41) is 14.3. The minimum atomic E-state index is -0.553. The Balaban J connectivity index is 2.70. The van der Waals surface area contributed by atoms with Crippen LogP contribution < -0.4 is 5.32 Å². The molecule has 1 saturated heterocycles. The van der Waals surface area contributed by atoms with Gasteiger partial charge in [-0.05, 0) is 24.9 Å². The van der Waals surface area contributed by atoms with Gasteiger partial charge in [-0.2, -0.15) is 11.8 Å². The number of hydrogen-bond acceptors (Lipinski definition) is 6. The number of Topliss-reactive ketones (excluding diaryl/α,β-unsaturated/α-hetero) is 1.